The number of anilines is 1. The van der Waals surface area contributed by atoms with Gasteiger partial charge in [0, 0.05) is 44.4 Å². The van der Waals surface area contributed by atoms with Crippen LogP contribution in [0.2, 0.25) is 0 Å². The molecule has 52 heavy (non-hydrogen) atoms. The Labute approximate surface area is 303 Å². The Morgan fingerprint density at radius 3 is 2.29 bits per heavy atom. The van der Waals surface area contributed by atoms with Crippen LogP contribution in [0.4, 0.5) is 10.6 Å². The van der Waals surface area contributed by atoms with Crippen LogP contribution in [0.25, 0.3) is 27.7 Å². The van der Waals surface area contributed by atoms with E-state index in [1.807, 2.05) is 36.2 Å². The van der Waals surface area contributed by atoms with Crippen molar-refractivity contribution in [1.82, 2.24) is 20.3 Å². The van der Waals surface area contributed by atoms with Crippen LogP contribution in [0, 0.1) is 11.8 Å². The van der Waals surface area contributed by atoms with E-state index in [4.69, 9.17) is 14.3 Å². The fraction of sp³-hybridized carbons (Fsp3) is 0.487. The van der Waals surface area contributed by atoms with Gasteiger partial charge in [-0.1, -0.05) is 56.3 Å². The van der Waals surface area contributed by atoms with Gasteiger partial charge in [0.15, 0.2) is 11.4 Å². The number of hydrogen-bond acceptors (Lipinski definition) is 9. The molecule has 13 nitrogen and oxygen atoms in total. The van der Waals surface area contributed by atoms with Crippen molar-refractivity contribution in [2.75, 3.05) is 32.6 Å². The van der Waals surface area contributed by atoms with Gasteiger partial charge in [0.1, 0.15) is 12.1 Å². The maximum absolute atomic E-state index is 13.5. The standard InChI is InChI=1S/C39H48N6O7/c1-22(2)23(3)37(47)44-17-7-9-31(44)30-19-28(21-40-30)26-13-11-25(12-14-26)27-15-16-29-33(20-27)52-43-35(29)42-36(46)32-10-8-18-45(32)38(48)34(24(4)50-5)41-39(49)51-6/h11-16,20-24,31-32,34H,7-10,17-19H2,1-6H3,(H,41,49)(H,42,43,46)/t23-,24+,31-,32-,34-/m0/s1. The second kappa shape index (κ2) is 15.7. The predicted molar refractivity (Wildman–Crippen MR) is 197 cm³/mol. The first-order valence-corrected chi connectivity index (χ1v) is 18.1. The first-order valence-electron chi connectivity index (χ1n) is 18.1. The monoisotopic (exact) mass is 712 g/mol. The van der Waals surface area contributed by atoms with Crippen molar-refractivity contribution in [2.45, 2.75) is 84.0 Å². The van der Waals surface area contributed by atoms with Crippen LogP contribution in [-0.4, -0.2) is 96.0 Å². The Kier molecular flexibility index (Phi) is 11.1. The summed E-state index contributed by atoms with van der Waals surface area (Å²) < 4.78 is 15.6. The zero-order chi connectivity index (χ0) is 37.1. The number of ether oxygens (including phenoxy) is 2. The number of benzene rings is 2. The van der Waals surface area contributed by atoms with E-state index in [-0.39, 0.29) is 23.7 Å². The van der Waals surface area contributed by atoms with Gasteiger partial charge in [0.2, 0.25) is 17.7 Å². The number of fused-ring (bicyclic) bond motifs is 1. The van der Waals surface area contributed by atoms with Crippen LogP contribution in [-0.2, 0) is 23.9 Å². The Morgan fingerprint density at radius 1 is 0.885 bits per heavy atom. The topological polar surface area (TPSA) is 156 Å². The van der Waals surface area contributed by atoms with Crippen LogP contribution in [0.5, 0.6) is 0 Å². The van der Waals surface area contributed by atoms with Gasteiger partial charge in [-0.05, 0) is 72.9 Å². The van der Waals surface area contributed by atoms with Crippen molar-refractivity contribution in [3.63, 3.8) is 0 Å². The molecule has 2 aromatic carbocycles. The molecule has 5 atom stereocenters. The second-order valence-electron chi connectivity index (χ2n) is 14.2. The first kappa shape index (κ1) is 36.7. The summed E-state index contributed by atoms with van der Waals surface area (Å²) >= 11 is 0. The van der Waals surface area contributed by atoms with E-state index in [0.717, 1.165) is 53.8 Å². The van der Waals surface area contributed by atoms with E-state index < -0.39 is 36.1 Å². The number of hydrogen-bond donors (Lipinski definition) is 2. The number of likely N-dealkylation sites (tertiary alicyclic amines) is 2. The van der Waals surface area contributed by atoms with Gasteiger partial charge in [-0.3, -0.25) is 19.4 Å². The van der Waals surface area contributed by atoms with Gasteiger partial charge in [-0.25, -0.2) is 4.79 Å². The third-order valence-corrected chi connectivity index (χ3v) is 10.8. The minimum Gasteiger partial charge on any atom is -0.453 e. The molecule has 4 heterocycles. The minimum absolute atomic E-state index is 0.00728. The van der Waals surface area contributed by atoms with Crippen molar-refractivity contribution in [3.05, 3.63) is 54.2 Å². The van der Waals surface area contributed by atoms with Crippen molar-refractivity contribution < 1.29 is 33.2 Å². The molecule has 1 aromatic heterocycles. The molecule has 3 aliphatic heterocycles. The number of aliphatic imine (C=N–C) groups is 1. The normalized spacial score (nSPS) is 20.4. The molecule has 6 rings (SSSR count). The van der Waals surface area contributed by atoms with Crippen LogP contribution >= 0.6 is 0 Å². The Hall–Kier alpha value is -5.04. The lowest BCUT2D eigenvalue weighted by molar-refractivity contribution is -0.141. The van der Waals surface area contributed by atoms with Gasteiger partial charge in [0.25, 0.3) is 0 Å². The highest BCUT2D eigenvalue weighted by molar-refractivity contribution is 6.04. The van der Waals surface area contributed by atoms with Crippen molar-refractivity contribution in [1.29, 1.82) is 0 Å². The van der Waals surface area contributed by atoms with Gasteiger partial charge in [-0.15, -0.1) is 0 Å². The third-order valence-electron chi connectivity index (χ3n) is 10.8. The van der Waals surface area contributed by atoms with E-state index in [1.54, 1.807) is 6.92 Å². The molecule has 13 heteroatoms. The fourth-order valence-corrected chi connectivity index (χ4v) is 7.22. The summed E-state index contributed by atoms with van der Waals surface area (Å²) in [6.07, 6.45) is 4.29. The van der Waals surface area contributed by atoms with Crippen LogP contribution in [0.1, 0.15) is 65.4 Å². The zero-order valence-corrected chi connectivity index (χ0v) is 30.7. The molecule has 0 saturated carbocycles. The van der Waals surface area contributed by atoms with Gasteiger partial charge < -0.3 is 34.4 Å². The number of alkyl carbamates (subject to hydrolysis) is 1. The number of methoxy groups -OCH3 is 2. The number of nitrogens with zero attached hydrogens (tertiary/aromatic N) is 4. The largest absolute Gasteiger partial charge is 0.453 e. The summed E-state index contributed by atoms with van der Waals surface area (Å²) in [5, 5.41) is 10.1. The molecule has 0 bridgehead atoms. The molecule has 3 aromatic rings. The molecule has 2 N–H and O–H groups in total. The van der Waals surface area contributed by atoms with E-state index in [9.17, 15) is 19.2 Å². The van der Waals surface area contributed by atoms with Crippen LogP contribution in [0.3, 0.4) is 0 Å². The third kappa shape index (κ3) is 7.45. The highest BCUT2D eigenvalue weighted by Gasteiger charge is 2.40. The van der Waals surface area contributed by atoms with E-state index in [2.05, 4.69) is 58.6 Å². The van der Waals surface area contributed by atoms with Crippen molar-refractivity contribution >= 4 is 51.9 Å². The summed E-state index contributed by atoms with van der Waals surface area (Å²) in [6, 6.07) is 12.3. The summed E-state index contributed by atoms with van der Waals surface area (Å²) in [5.74, 6) is -0.0450. The molecule has 2 fully saturated rings. The lowest BCUT2D eigenvalue weighted by atomic mass is 9.94. The highest BCUT2D eigenvalue weighted by atomic mass is 16.5. The molecule has 0 aliphatic carbocycles. The van der Waals surface area contributed by atoms with Crippen molar-refractivity contribution in [3.8, 4) is 11.1 Å². The number of rotatable bonds is 11. The lowest BCUT2D eigenvalue weighted by Gasteiger charge is -2.30. The fourth-order valence-electron chi connectivity index (χ4n) is 7.22. The average Bonchev–Trinajstić information content (AvgIpc) is 3.99. The number of carbonyl (C=O) groups excluding carboxylic acids is 4. The highest BCUT2D eigenvalue weighted by Crippen LogP contribution is 2.34. The smallest absolute Gasteiger partial charge is 0.407 e. The number of aromatic nitrogens is 1. The minimum atomic E-state index is -1.02. The zero-order valence-electron chi connectivity index (χ0n) is 30.7. The number of carbonyl (C=O) groups is 4. The summed E-state index contributed by atoms with van der Waals surface area (Å²) in [5.41, 5.74) is 5.70. The maximum Gasteiger partial charge on any atom is 0.407 e. The van der Waals surface area contributed by atoms with Gasteiger partial charge in [0.05, 0.1) is 24.6 Å². The molecule has 2 saturated heterocycles. The lowest BCUT2D eigenvalue weighted by Crippen LogP contribution is -2.56. The first-order chi connectivity index (χ1) is 25.0. The summed E-state index contributed by atoms with van der Waals surface area (Å²) in [4.78, 5) is 60.3. The second-order valence-corrected chi connectivity index (χ2v) is 14.2. The maximum atomic E-state index is 13.5. The molecule has 0 spiro atoms. The van der Waals surface area contributed by atoms with Crippen LogP contribution in [0.15, 0.2) is 58.2 Å². The number of allylic oxidation sites excluding steroid dienone is 1. The Morgan fingerprint density at radius 2 is 1.58 bits per heavy atom. The number of nitrogens with one attached hydrogen (secondary N) is 2. The predicted octanol–water partition coefficient (Wildman–Crippen LogP) is 5.65. The van der Waals surface area contributed by atoms with Gasteiger partial charge in [-0.2, -0.15) is 0 Å². The van der Waals surface area contributed by atoms with Crippen LogP contribution < -0.4 is 10.6 Å². The molecule has 4 amide bonds. The van der Waals surface area contributed by atoms with E-state index in [0.29, 0.717) is 36.3 Å². The van der Waals surface area contributed by atoms with Crippen molar-refractivity contribution in [2.24, 2.45) is 16.8 Å². The Bertz CT molecular complexity index is 1880. The molecule has 0 unspecified atom stereocenters. The summed E-state index contributed by atoms with van der Waals surface area (Å²) in [7, 11) is 2.66. The SMILES string of the molecule is COC(=O)N[C@H](C(=O)N1CCC[C@H]1C(=O)Nc1noc2cc(-c3ccc(C4=CN=C([C@@H]5CCCN5C(=O)[C@@H](C)C(C)C)C4)cc3)ccc12)[C@@H](C)OC. The molecule has 276 valence electrons. The van der Waals surface area contributed by atoms with E-state index in [1.165, 1.54) is 19.1 Å². The quantitative estimate of drug-likeness (QED) is 0.258. The van der Waals surface area contributed by atoms with E-state index >= 15 is 0 Å². The molecule has 3 aliphatic rings. The average molecular weight is 713 g/mol. The summed E-state index contributed by atoms with van der Waals surface area (Å²) in [6.45, 7) is 9.02. The molecular weight excluding hydrogens is 664 g/mol. The molecule has 0 radical (unpaired) electrons. The molecular formula is C39H48N6O7. The Balaban J connectivity index is 1.09. The van der Waals surface area contributed by atoms with Gasteiger partial charge >= 0.3 is 6.09 Å². The number of amides is 4.